The number of ether oxygens (including phenoxy) is 3. The number of benzene rings is 4. The Morgan fingerprint density at radius 3 is 1.21 bits per heavy atom. The number of carbonyl (C=O) groups excluding carboxylic acids is 5. The summed E-state index contributed by atoms with van der Waals surface area (Å²) in [6.07, 6.45) is -0.544. The van der Waals surface area contributed by atoms with Crippen LogP contribution in [0.5, 0.6) is 0 Å². The van der Waals surface area contributed by atoms with Crippen molar-refractivity contribution in [1.29, 1.82) is 0 Å². The Balaban J connectivity index is 0.000000383. The van der Waals surface area contributed by atoms with Crippen LogP contribution in [0.2, 0.25) is 0 Å². The largest absolute Gasteiger partial charge is 0.480 e. The second kappa shape index (κ2) is 26.1. The topological polar surface area (TPSA) is 174 Å². The van der Waals surface area contributed by atoms with Gasteiger partial charge in [-0.2, -0.15) is 0 Å². The van der Waals surface area contributed by atoms with E-state index in [4.69, 9.17) is 19.3 Å². The molecule has 0 aliphatic rings. The number of amides is 2. The molecular formula is C55H72N2O10. The van der Waals surface area contributed by atoms with E-state index >= 15 is 0 Å². The average molecular weight is 921 g/mol. The first kappa shape index (κ1) is 55.0. The Morgan fingerprint density at radius 1 is 0.493 bits per heavy atom. The lowest BCUT2D eigenvalue weighted by Gasteiger charge is -2.22. The third kappa shape index (κ3) is 16.8. The number of Topliss-reactive ketones (excluding diaryl/α,β-unsaturated/α-hetero) is 1. The zero-order chi connectivity index (χ0) is 50.1. The van der Waals surface area contributed by atoms with Crippen molar-refractivity contribution in [3.63, 3.8) is 0 Å². The third-order valence-electron chi connectivity index (χ3n) is 11.2. The number of rotatable bonds is 20. The van der Waals surface area contributed by atoms with Crippen LogP contribution >= 0.6 is 0 Å². The van der Waals surface area contributed by atoms with Gasteiger partial charge in [-0.1, -0.05) is 168 Å². The van der Waals surface area contributed by atoms with Crippen LogP contribution in [-0.2, 0) is 41.6 Å². The number of carbonyl (C=O) groups is 6. The van der Waals surface area contributed by atoms with Crippen LogP contribution in [0.1, 0.15) is 191 Å². The van der Waals surface area contributed by atoms with Crippen molar-refractivity contribution < 1.29 is 48.1 Å². The van der Waals surface area contributed by atoms with E-state index in [-0.39, 0.29) is 36.7 Å². The molecule has 4 aromatic rings. The Hall–Kier alpha value is -6.30. The second-order valence-corrected chi connectivity index (χ2v) is 18.8. The quantitative estimate of drug-likeness (QED) is 0.0572. The van der Waals surface area contributed by atoms with Crippen molar-refractivity contribution in [3.8, 4) is 0 Å². The van der Waals surface area contributed by atoms with E-state index in [1.54, 1.807) is 0 Å². The molecule has 0 fully saturated rings. The summed E-state index contributed by atoms with van der Waals surface area (Å²) in [5, 5.41) is 13.9. The summed E-state index contributed by atoms with van der Waals surface area (Å²) in [4.78, 5) is 74.8. The van der Waals surface area contributed by atoms with E-state index in [1.807, 2.05) is 60.7 Å². The summed E-state index contributed by atoms with van der Waals surface area (Å²) in [7, 11) is 0. The summed E-state index contributed by atoms with van der Waals surface area (Å²) in [5.41, 5.74) is 8.75. The maximum Gasteiger partial charge on any atom is 0.408 e. The van der Waals surface area contributed by atoms with E-state index in [1.165, 1.54) is 18.1 Å². The highest BCUT2D eigenvalue weighted by Crippen LogP contribution is 2.34. The molecule has 0 unspecified atom stereocenters. The zero-order valence-electron chi connectivity index (χ0n) is 41.7. The SMILES string of the molecule is CC(C)c1cc(C(C)C)c(C(=O)OCC(=O)COC(=O)c2c(C(C)C)cc(C(C)C)cc2C(C)C)c(C(C)C)c1.C[C@H](NC(=O)[C@H](Cc1ccccc1)NC(=O)OCc1ccccc1)C(=O)O. The minimum Gasteiger partial charge on any atom is -0.480 e. The molecule has 4 aromatic carbocycles. The van der Waals surface area contributed by atoms with Crippen molar-refractivity contribution in [2.24, 2.45) is 0 Å². The number of hydrogen-bond acceptors (Lipinski definition) is 9. The fourth-order valence-corrected chi connectivity index (χ4v) is 7.20. The summed E-state index contributed by atoms with van der Waals surface area (Å²) in [6, 6.07) is 24.5. The summed E-state index contributed by atoms with van der Waals surface area (Å²) < 4.78 is 16.1. The van der Waals surface area contributed by atoms with Crippen LogP contribution in [-0.4, -0.2) is 66.1 Å². The van der Waals surface area contributed by atoms with Crippen molar-refractivity contribution in [1.82, 2.24) is 10.6 Å². The van der Waals surface area contributed by atoms with Gasteiger partial charge in [0.25, 0.3) is 0 Å². The fourth-order valence-electron chi connectivity index (χ4n) is 7.20. The van der Waals surface area contributed by atoms with Gasteiger partial charge in [0, 0.05) is 6.42 Å². The predicted molar refractivity (Wildman–Crippen MR) is 262 cm³/mol. The van der Waals surface area contributed by atoms with Gasteiger partial charge in [0.2, 0.25) is 11.7 Å². The Morgan fingerprint density at radius 2 is 0.866 bits per heavy atom. The van der Waals surface area contributed by atoms with Gasteiger partial charge in [0.1, 0.15) is 18.7 Å². The highest BCUT2D eigenvalue weighted by atomic mass is 16.6. The predicted octanol–water partition coefficient (Wildman–Crippen LogP) is 11.1. The molecule has 2 amide bonds. The molecule has 0 aliphatic heterocycles. The number of hydrogen-bond donors (Lipinski definition) is 3. The molecule has 0 aliphatic carbocycles. The number of esters is 2. The average Bonchev–Trinajstić information content (AvgIpc) is 3.28. The van der Waals surface area contributed by atoms with E-state index in [9.17, 15) is 28.8 Å². The van der Waals surface area contributed by atoms with Crippen molar-refractivity contribution in [2.75, 3.05) is 13.2 Å². The Bertz CT molecular complexity index is 2150. The molecule has 362 valence electrons. The van der Waals surface area contributed by atoms with Crippen molar-refractivity contribution in [3.05, 3.63) is 141 Å². The van der Waals surface area contributed by atoms with Crippen LogP contribution in [0.15, 0.2) is 84.9 Å². The lowest BCUT2D eigenvalue weighted by molar-refractivity contribution is -0.141. The van der Waals surface area contributed by atoms with Gasteiger partial charge >= 0.3 is 24.0 Å². The number of ketones is 1. The molecule has 67 heavy (non-hydrogen) atoms. The number of aliphatic carboxylic acids is 1. The van der Waals surface area contributed by atoms with E-state index in [0.29, 0.717) is 23.0 Å². The monoisotopic (exact) mass is 921 g/mol. The number of carboxylic acid groups (broad SMARTS) is 1. The molecule has 3 N–H and O–H groups in total. The number of carboxylic acids is 1. The van der Waals surface area contributed by atoms with E-state index < -0.39 is 61.0 Å². The van der Waals surface area contributed by atoms with Gasteiger partial charge < -0.3 is 30.0 Å². The zero-order valence-corrected chi connectivity index (χ0v) is 41.7. The molecule has 12 heteroatoms. The standard InChI is InChI=1S/C35H50O5.C20H22N2O5/c1-19(2)25-13-28(21(5)6)32(29(14-25)22(7)8)34(37)39-17-27(36)18-40-35(38)33-30(23(9)10)15-26(20(3)4)16-31(33)24(11)12;1-14(19(24)25)21-18(23)17(12-15-8-4-2-5-9-15)22-20(26)27-13-16-10-6-3-7-11-16/h13-16,19-24H,17-18H2,1-12H3;2-11,14,17H,12-13H2,1H3,(H,21,23)(H,22,26)(H,24,25)/t;14-,17-/m.0/s1. The van der Waals surface area contributed by atoms with Crippen molar-refractivity contribution >= 4 is 35.7 Å². The van der Waals surface area contributed by atoms with E-state index in [0.717, 1.165) is 33.4 Å². The van der Waals surface area contributed by atoms with Gasteiger partial charge in [0.05, 0.1) is 11.1 Å². The Kier molecular flexibility index (Phi) is 21.5. The molecular weight excluding hydrogens is 849 g/mol. The van der Waals surface area contributed by atoms with Crippen LogP contribution in [0, 0.1) is 0 Å². The molecule has 12 nitrogen and oxygen atoms in total. The highest BCUT2D eigenvalue weighted by Gasteiger charge is 2.28. The molecule has 2 atom stereocenters. The summed E-state index contributed by atoms with van der Waals surface area (Å²) in [6.45, 7) is 25.5. The van der Waals surface area contributed by atoms with Gasteiger partial charge in [-0.25, -0.2) is 14.4 Å². The lowest BCUT2D eigenvalue weighted by Crippen LogP contribution is -2.51. The summed E-state index contributed by atoms with van der Waals surface area (Å²) >= 11 is 0. The number of nitrogens with one attached hydrogen (secondary N) is 2. The van der Waals surface area contributed by atoms with Crippen LogP contribution < -0.4 is 10.6 Å². The molecule has 0 saturated heterocycles. The smallest absolute Gasteiger partial charge is 0.408 e. The highest BCUT2D eigenvalue weighted by molar-refractivity contribution is 5.97. The molecule has 0 aromatic heterocycles. The maximum absolute atomic E-state index is 13.3. The minimum atomic E-state index is -1.16. The number of alkyl carbamates (subject to hydrolysis) is 1. The summed E-state index contributed by atoms with van der Waals surface area (Å²) in [5.74, 6) is -2.15. The minimum absolute atomic E-state index is 0.0673. The van der Waals surface area contributed by atoms with E-state index in [2.05, 4.69) is 118 Å². The van der Waals surface area contributed by atoms with Gasteiger partial charge in [-0.3, -0.25) is 14.4 Å². The second-order valence-electron chi connectivity index (χ2n) is 18.8. The van der Waals surface area contributed by atoms with Crippen molar-refractivity contribution in [2.45, 2.75) is 151 Å². The first-order valence-electron chi connectivity index (χ1n) is 23.3. The van der Waals surface area contributed by atoms with Crippen LogP contribution in [0.3, 0.4) is 0 Å². The first-order chi connectivity index (χ1) is 31.5. The van der Waals surface area contributed by atoms with Crippen LogP contribution in [0.4, 0.5) is 4.79 Å². The van der Waals surface area contributed by atoms with Crippen LogP contribution in [0.25, 0.3) is 0 Å². The molecule has 0 bridgehead atoms. The van der Waals surface area contributed by atoms with Gasteiger partial charge in [-0.05, 0) is 86.9 Å². The molecule has 0 radical (unpaired) electrons. The first-order valence-corrected chi connectivity index (χ1v) is 23.3. The molecule has 0 spiro atoms. The normalized spacial score (nSPS) is 12.1. The fraction of sp³-hybridized carbons (Fsp3) is 0.455. The molecule has 4 rings (SSSR count). The third-order valence-corrected chi connectivity index (χ3v) is 11.2. The van der Waals surface area contributed by atoms with Gasteiger partial charge in [0.15, 0.2) is 13.2 Å². The maximum atomic E-state index is 13.3. The molecule has 0 saturated carbocycles. The lowest BCUT2D eigenvalue weighted by atomic mass is 9.84. The molecule has 0 heterocycles. The van der Waals surface area contributed by atoms with Gasteiger partial charge in [-0.15, -0.1) is 0 Å². The Labute approximate surface area is 397 Å².